The number of carbonyl (C=O) groups is 2. The summed E-state index contributed by atoms with van der Waals surface area (Å²) in [6.45, 7) is 5.23. The maximum absolute atomic E-state index is 12.1. The van der Waals surface area contributed by atoms with E-state index >= 15 is 0 Å². The van der Waals surface area contributed by atoms with Crippen LogP contribution in [0.2, 0.25) is 0 Å². The van der Waals surface area contributed by atoms with Crippen LogP contribution in [-0.2, 0) is 4.79 Å². The molecule has 1 amide bonds. The number of hydrogen-bond donors (Lipinski definition) is 3. The molecule has 1 fully saturated rings. The first-order valence-electron chi connectivity index (χ1n) is 6.54. The van der Waals surface area contributed by atoms with Gasteiger partial charge in [-0.3, -0.25) is 9.59 Å². The van der Waals surface area contributed by atoms with Crippen LogP contribution in [0, 0.1) is 0 Å². The van der Waals surface area contributed by atoms with Gasteiger partial charge in [-0.05, 0) is 20.3 Å². The van der Waals surface area contributed by atoms with Gasteiger partial charge in [0, 0.05) is 25.0 Å². The predicted octanol–water partition coefficient (Wildman–Crippen LogP) is -0.204. The highest BCUT2D eigenvalue weighted by atomic mass is 16.4. The van der Waals surface area contributed by atoms with Gasteiger partial charge in [-0.25, -0.2) is 4.68 Å². The molecule has 2 rings (SSSR count). The van der Waals surface area contributed by atoms with Crippen molar-refractivity contribution in [2.45, 2.75) is 38.3 Å². The molecule has 0 bridgehead atoms. The number of amides is 1. The van der Waals surface area contributed by atoms with Gasteiger partial charge < -0.3 is 15.7 Å². The molecule has 2 heterocycles. The molecule has 1 aromatic heterocycles. The maximum atomic E-state index is 12.1. The number of hydrogen-bond acceptors (Lipinski definition) is 5. The van der Waals surface area contributed by atoms with Gasteiger partial charge >= 0.3 is 5.97 Å². The highest BCUT2D eigenvalue weighted by Crippen LogP contribution is 2.13. The van der Waals surface area contributed by atoms with E-state index in [0.717, 1.165) is 13.1 Å². The lowest BCUT2D eigenvalue weighted by molar-refractivity contribution is -0.137. The monoisotopic (exact) mass is 281 g/mol. The zero-order chi connectivity index (χ0) is 14.8. The fourth-order valence-corrected chi connectivity index (χ4v) is 1.87. The van der Waals surface area contributed by atoms with Crippen LogP contribution < -0.4 is 10.6 Å². The van der Waals surface area contributed by atoms with Crippen LogP contribution in [0.4, 0.5) is 0 Å². The van der Waals surface area contributed by atoms with Gasteiger partial charge in [0.15, 0.2) is 5.69 Å². The molecule has 0 saturated carbocycles. The lowest BCUT2D eigenvalue weighted by Gasteiger charge is -2.26. The van der Waals surface area contributed by atoms with Crippen molar-refractivity contribution in [1.82, 2.24) is 25.6 Å². The molecule has 0 atom stereocenters. The van der Waals surface area contributed by atoms with Gasteiger partial charge in [-0.1, -0.05) is 5.21 Å². The van der Waals surface area contributed by atoms with E-state index < -0.39 is 11.5 Å². The molecule has 8 heteroatoms. The van der Waals surface area contributed by atoms with Crippen LogP contribution in [0.5, 0.6) is 0 Å². The number of carboxylic acids is 1. The Balaban J connectivity index is 1.93. The highest BCUT2D eigenvalue weighted by molar-refractivity contribution is 5.92. The Kier molecular flexibility index (Phi) is 4.03. The van der Waals surface area contributed by atoms with Crippen LogP contribution in [-0.4, -0.2) is 50.6 Å². The number of nitrogens with one attached hydrogen (secondary N) is 2. The lowest BCUT2D eigenvalue weighted by atomic mass is 9.98. The van der Waals surface area contributed by atoms with Crippen molar-refractivity contribution in [3.8, 4) is 0 Å². The minimum atomic E-state index is -0.879. The number of aliphatic carboxylic acids is 1. The van der Waals surface area contributed by atoms with E-state index in [1.165, 1.54) is 0 Å². The molecule has 110 valence electrons. The van der Waals surface area contributed by atoms with Crippen molar-refractivity contribution in [2.75, 3.05) is 13.1 Å². The number of rotatable bonds is 6. The third kappa shape index (κ3) is 3.53. The molecular weight excluding hydrogens is 262 g/mol. The first-order chi connectivity index (χ1) is 9.37. The molecule has 1 aliphatic heterocycles. The normalized spacial score (nSPS) is 15.7. The molecule has 3 N–H and O–H groups in total. The molecule has 0 spiro atoms. The lowest BCUT2D eigenvalue weighted by Crippen LogP contribution is -2.44. The summed E-state index contributed by atoms with van der Waals surface area (Å²) in [4.78, 5) is 22.6. The summed E-state index contributed by atoms with van der Waals surface area (Å²) in [6, 6.07) is 0.254. The van der Waals surface area contributed by atoms with Gasteiger partial charge in [0.2, 0.25) is 0 Å². The van der Waals surface area contributed by atoms with E-state index in [9.17, 15) is 9.59 Å². The first-order valence-corrected chi connectivity index (χ1v) is 6.54. The van der Waals surface area contributed by atoms with Gasteiger partial charge in [-0.15, -0.1) is 5.10 Å². The molecule has 1 saturated heterocycles. The summed E-state index contributed by atoms with van der Waals surface area (Å²) in [5, 5.41) is 22.4. The fourth-order valence-electron chi connectivity index (χ4n) is 1.87. The molecule has 20 heavy (non-hydrogen) atoms. The molecule has 0 unspecified atom stereocenters. The summed E-state index contributed by atoms with van der Waals surface area (Å²) < 4.78 is 1.68. The second-order valence-corrected chi connectivity index (χ2v) is 5.63. The van der Waals surface area contributed by atoms with Crippen molar-refractivity contribution in [3.63, 3.8) is 0 Å². The Labute approximate surface area is 116 Å². The Bertz CT molecular complexity index is 507. The minimum absolute atomic E-state index is 0.00765. The summed E-state index contributed by atoms with van der Waals surface area (Å²) in [5.74, 6) is -1.21. The summed E-state index contributed by atoms with van der Waals surface area (Å²) in [6.07, 6.45) is 1.98. The minimum Gasteiger partial charge on any atom is -0.481 e. The van der Waals surface area contributed by atoms with Gasteiger partial charge in [0.25, 0.3) is 5.91 Å². The van der Waals surface area contributed by atoms with Crippen LogP contribution in [0.15, 0.2) is 6.20 Å². The van der Waals surface area contributed by atoms with E-state index in [-0.39, 0.29) is 24.1 Å². The second-order valence-electron chi connectivity index (χ2n) is 5.63. The maximum Gasteiger partial charge on any atom is 0.303 e. The molecule has 1 aromatic rings. The summed E-state index contributed by atoms with van der Waals surface area (Å²) in [7, 11) is 0. The van der Waals surface area contributed by atoms with Crippen LogP contribution in [0.1, 0.15) is 43.2 Å². The van der Waals surface area contributed by atoms with E-state index in [1.807, 2.05) is 0 Å². The van der Waals surface area contributed by atoms with Gasteiger partial charge in [0.1, 0.15) is 0 Å². The van der Waals surface area contributed by atoms with Gasteiger partial charge in [0.05, 0.1) is 12.2 Å². The largest absolute Gasteiger partial charge is 0.481 e. The standard InChI is InChI=1S/C12H19N5O3/c1-12(2,4-3-10(18)19)14-11(20)9-7-17(16-15-9)8-5-13-6-8/h7-8,13H,3-6H2,1-2H3,(H,14,20)(H,18,19). The Hall–Kier alpha value is -1.96. The SMILES string of the molecule is CC(C)(CCC(=O)O)NC(=O)c1cn(C2CNC2)nn1. The van der Waals surface area contributed by atoms with Crippen molar-refractivity contribution in [1.29, 1.82) is 0 Å². The van der Waals surface area contributed by atoms with Crippen molar-refractivity contribution in [2.24, 2.45) is 0 Å². The first kappa shape index (κ1) is 14.4. The Morgan fingerprint density at radius 3 is 2.80 bits per heavy atom. The summed E-state index contributed by atoms with van der Waals surface area (Å²) in [5.41, 5.74) is -0.350. The predicted molar refractivity (Wildman–Crippen MR) is 70.3 cm³/mol. The van der Waals surface area contributed by atoms with E-state index in [2.05, 4.69) is 20.9 Å². The quantitative estimate of drug-likeness (QED) is 0.666. The molecule has 1 aliphatic rings. The van der Waals surface area contributed by atoms with Crippen LogP contribution >= 0.6 is 0 Å². The molecular formula is C12H19N5O3. The van der Waals surface area contributed by atoms with Crippen molar-refractivity contribution in [3.05, 3.63) is 11.9 Å². The fraction of sp³-hybridized carbons (Fsp3) is 0.667. The number of aromatic nitrogens is 3. The third-order valence-electron chi connectivity index (χ3n) is 3.29. The molecule has 0 aromatic carbocycles. The van der Waals surface area contributed by atoms with Crippen LogP contribution in [0.3, 0.4) is 0 Å². The zero-order valence-corrected chi connectivity index (χ0v) is 11.6. The summed E-state index contributed by atoms with van der Waals surface area (Å²) >= 11 is 0. The van der Waals surface area contributed by atoms with Crippen molar-refractivity contribution < 1.29 is 14.7 Å². The molecule has 0 aliphatic carbocycles. The average molecular weight is 281 g/mol. The Morgan fingerprint density at radius 1 is 1.55 bits per heavy atom. The number of carboxylic acid groups (broad SMARTS) is 1. The number of nitrogens with zero attached hydrogens (tertiary/aromatic N) is 3. The molecule has 8 nitrogen and oxygen atoms in total. The van der Waals surface area contributed by atoms with Crippen molar-refractivity contribution >= 4 is 11.9 Å². The second kappa shape index (κ2) is 5.58. The Morgan fingerprint density at radius 2 is 2.25 bits per heavy atom. The van der Waals surface area contributed by atoms with Gasteiger partial charge in [-0.2, -0.15) is 0 Å². The van der Waals surface area contributed by atoms with Crippen LogP contribution in [0.25, 0.3) is 0 Å². The zero-order valence-electron chi connectivity index (χ0n) is 11.6. The van der Waals surface area contributed by atoms with E-state index in [0.29, 0.717) is 6.42 Å². The third-order valence-corrected chi connectivity index (χ3v) is 3.29. The van der Waals surface area contributed by atoms with E-state index in [1.54, 1.807) is 24.7 Å². The average Bonchev–Trinajstić information content (AvgIpc) is 2.73. The van der Waals surface area contributed by atoms with E-state index in [4.69, 9.17) is 5.11 Å². The number of carbonyl (C=O) groups excluding carboxylic acids is 1. The highest BCUT2D eigenvalue weighted by Gasteiger charge is 2.25. The topological polar surface area (TPSA) is 109 Å². The molecule has 0 radical (unpaired) electrons. The smallest absolute Gasteiger partial charge is 0.303 e.